The van der Waals surface area contributed by atoms with Crippen LogP contribution in [0.3, 0.4) is 0 Å². The molecular formula is C15H19N5. The van der Waals surface area contributed by atoms with E-state index in [1.165, 1.54) is 16.5 Å². The van der Waals surface area contributed by atoms with Crippen LogP contribution in [0.5, 0.6) is 0 Å². The van der Waals surface area contributed by atoms with Gasteiger partial charge in [0.25, 0.3) is 0 Å². The quantitative estimate of drug-likeness (QED) is 0.784. The molecule has 0 aromatic carbocycles. The SMILES string of the molecule is CC(N)Cc1cn(Cc2cnn(C)c2)c2ncccc12. The molecule has 20 heavy (non-hydrogen) atoms. The molecule has 3 rings (SSSR count). The summed E-state index contributed by atoms with van der Waals surface area (Å²) in [4.78, 5) is 4.51. The van der Waals surface area contributed by atoms with Gasteiger partial charge >= 0.3 is 0 Å². The molecule has 3 aromatic heterocycles. The zero-order valence-electron chi connectivity index (χ0n) is 11.8. The molecule has 0 aliphatic heterocycles. The fourth-order valence-electron chi connectivity index (χ4n) is 2.58. The maximum absolute atomic E-state index is 5.94. The molecule has 1 unspecified atom stereocenters. The Kier molecular flexibility index (Phi) is 3.28. The summed E-state index contributed by atoms with van der Waals surface area (Å²) in [5.41, 5.74) is 9.37. The second-order valence-corrected chi connectivity index (χ2v) is 5.36. The zero-order chi connectivity index (χ0) is 14.1. The molecule has 0 aliphatic carbocycles. The number of hydrogen-bond acceptors (Lipinski definition) is 3. The second kappa shape index (κ2) is 5.09. The smallest absolute Gasteiger partial charge is 0.140 e. The lowest BCUT2D eigenvalue weighted by Crippen LogP contribution is -2.17. The molecule has 0 amide bonds. The highest BCUT2D eigenvalue weighted by Crippen LogP contribution is 2.21. The van der Waals surface area contributed by atoms with Crippen molar-refractivity contribution in [1.29, 1.82) is 0 Å². The van der Waals surface area contributed by atoms with Gasteiger partial charge in [-0.3, -0.25) is 4.68 Å². The molecule has 5 nitrogen and oxygen atoms in total. The van der Waals surface area contributed by atoms with Crippen LogP contribution in [0, 0.1) is 0 Å². The minimum absolute atomic E-state index is 0.146. The Morgan fingerprint density at radius 3 is 2.90 bits per heavy atom. The number of fused-ring (bicyclic) bond motifs is 1. The highest BCUT2D eigenvalue weighted by molar-refractivity contribution is 5.80. The van der Waals surface area contributed by atoms with Crippen LogP contribution in [0.4, 0.5) is 0 Å². The van der Waals surface area contributed by atoms with Gasteiger partial charge in [0.15, 0.2) is 0 Å². The van der Waals surface area contributed by atoms with E-state index in [1.807, 2.05) is 43.3 Å². The van der Waals surface area contributed by atoms with E-state index < -0.39 is 0 Å². The van der Waals surface area contributed by atoms with E-state index in [4.69, 9.17) is 5.73 Å². The topological polar surface area (TPSA) is 61.7 Å². The third-order valence-corrected chi connectivity index (χ3v) is 3.37. The summed E-state index contributed by atoms with van der Waals surface area (Å²) in [6, 6.07) is 4.23. The standard InChI is InChI=1S/C15H19N5/c1-11(16)6-13-10-20(9-12-7-18-19(2)8-12)15-14(13)4-3-5-17-15/h3-5,7-8,10-11H,6,9,16H2,1-2H3. The van der Waals surface area contributed by atoms with Crippen molar-refractivity contribution in [1.82, 2.24) is 19.3 Å². The van der Waals surface area contributed by atoms with Crippen LogP contribution in [0.15, 0.2) is 36.9 Å². The molecule has 1 atom stereocenters. The number of aromatic nitrogens is 4. The number of aryl methyl sites for hydroxylation is 1. The maximum atomic E-state index is 5.94. The largest absolute Gasteiger partial charge is 0.328 e. The first-order chi connectivity index (χ1) is 9.63. The molecule has 0 spiro atoms. The first-order valence-corrected chi connectivity index (χ1v) is 6.79. The van der Waals surface area contributed by atoms with Crippen molar-refractivity contribution in [3.8, 4) is 0 Å². The van der Waals surface area contributed by atoms with E-state index in [0.717, 1.165) is 18.6 Å². The van der Waals surface area contributed by atoms with Crippen LogP contribution >= 0.6 is 0 Å². The van der Waals surface area contributed by atoms with Crippen molar-refractivity contribution >= 4 is 11.0 Å². The van der Waals surface area contributed by atoms with Gasteiger partial charge in [0.1, 0.15) is 5.65 Å². The number of rotatable bonds is 4. The van der Waals surface area contributed by atoms with Crippen LogP contribution in [-0.2, 0) is 20.0 Å². The van der Waals surface area contributed by atoms with Crippen LogP contribution in [0.2, 0.25) is 0 Å². The first-order valence-electron chi connectivity index (χ1n) is 6.79. The molecule has 3 heterocycles. The highest BCUT2D eigenvalue weighted by Gasteiger charge is 2.11. The number of pyridine rings is 1. The maximum Gasteiger partial charge on any atom is 0.140 e. The van der Waals surface area contributed by atoms with E-state index in [0.29, 0.717) is 0 Å². The second-order valence-electron chi connectivity index (χ2n) is 5.36. The van der Waals surface area contributed by atoms with Crippen LogP contribution in [-0.4, -0.2) is 25.4 Å². The summed E-state index contributed by atoms with van der Waals surface area (Å²) < 4.78 is 3.99. The molecule has 0 radical (unpaired) electrons. The summed E-state index contributed by atoms with van der Waals surface area (Å²) in [6.07, 6.45) is 8.77. The third-order valence-electron chi connectivity index (χ3n) is 3.37. The lowest BCUT2D eigenvalue weighted by molar-refractivity contribution is 0.734. The van der Waals surface area contributed by atoms with Gasteiger partial charge in [-0.05, 0) is 31.0 Å². The number of nitrogens with two attached hydrogens (primary N) is 1. The molecule has 5 heteroatoms. The highest BCUT2D eigenvalue weighted by atomic mass is 15.2. The Labute approximate surface area is 118 Å². The summed E-state index contributed by atoms with van der Waals surface area (Å²) in [5, 5.41) is 5.40. The molecule has 0 bridgehead atoms. The van der Waals surface area contributed by atoms with Gasteiger partial charge in [-0.2, -0.15) is 5.10 Å². The van der Waals surface area contributed by atoms with Gasteiger partial charge in [0.2, 0.25) is 0 Å². The molecule has 0 saturated heterocycles. The Hall–Kier alpha value is -2.14. The van der Waals surface area contributed by atoms with Crippen molar-refractivity contribution in [3.63, 3.8) is 0 Å². The first kappa shape index (κ1) is 12.9. The predicted molar refractivity (Wildman–Crippen MR) is 79.4 cm³/mol. The van der Waals surface area contributed by atoms with E-state index in [1.54, 1.807) is 0 Å². The molecule has 0 saturated carbocycles. The Balaban J connectivity index is 2.02. The summed E-state index contributed by atoms with van der Waals surface area (Å²) in [5.74, 6) is 0. The normalized spacial score (nSPS) is 12.9. The Morgan fingerprint density at radius 2 is 2.20 bits per heavy atom. The van der Waals surface area contributed by atoms with Gasteiger partial charge in [-0.15, -0.1) is 0 Å². The van der Waals surface area contributed by atoms with E-state index in [-0.39, 0.29) is 6.04 Å². The van der Waals surface area contributed by atoms with Gasteiger partial charge in [0.05, 0.1) is 12.7 Å². The van der Waals surface area contributed by atoms with Gasteiger partial charge in [-0.25, -0.2) is 4.98 Å². The van der Waals surface area contributed by atoms with Crippen LogP contribution in [0.1, 0.15) is 18.1 Å². The molecule has 0 aliphatic rings. The predicted octanol–water partition coefficient (Wildman–Crippen LogP) is 1.71. The van der Waals surface area contributed by atoms with Crippen molar-refractivity contribution in [2.75, 3.05) is 0 Å². The van der Waals surface area contributed by atoms with E-state index >= 15 is 0 Å². The minimum Gasteiger partial charge on any atom is -0.328 e. The summed E-state index contributed by atoms with van der Waals surface area (Å²) >= 11 is 0. The molecular weight excluding hydrogens is 250 g/mol. The zero-order valence-corrected chi connectivity index (χ0v) is 11.8. The Morgan fingerprint density at radius 1 is 1.35 bits per heavy atom. The van der Waals surface area contributed by atoms with Crippen molar-refractivity contribution in [2.24, 2.45) is 12.8 Å². The fraction of sp³-hybridized carbons (Fsp3) is 0.333. The van der Waals surface area contributed by atoms with Gasteiger partial charge in [-0.1, -0.05) is 0 Å². The average Bonchev–Trinajstić information content (AvgIpc) is 2.95. The molecule has 104 valence electrons. The lowest BCUT2D eigenvalue weighted by Gasteiger charge is -2.02. The van der Waals surface area contributed by atoms with Gasteiger partial charge in [0, 0.05) is 42.6 Å². The minimum atomic E-state index is 0.146. The van der Waals surface area contributed by atoms with Crippen LogP contribution in [0.25, 0.3) is 11.0 Å². The molecule has 3 aromatic rings. The number of hydrogen-bond donors (Lipinski definition) is 1. The number of nitrogens with zero attached hydrogens (tertiary/aromatic N) is 4. The summed E-state index contributed by atoms with van der Waals surface area (Å²) in [7, 11) is 1.93. The van der Waals surface area contributed by atoms with E-state index in [2.05, 4.69) is 26.9 Å². The fourth-order valence-corrected chi connectivity index (χ4v) is 2.58. The van der Waals surface area contributed by atoms with Crippen molar-refractivity contribution in [2.45, 2.75) is 25.9 Å². The van der Waals surface area contributed by atoms with E-state index in [9.17, 15) is 0 Å². The lowest BCUT2D eigenvalue weighted by atomic mass is 10.1. The van der Waals surface area contributed by atoms with Crippen molar-refractivity contribution < 1.29 is 0 Å². The third kappa shape index (κ3) is 2.44. The molecule has 2 N–H and O–H groups in total. The monoisotopic (exact) mass is 269 g/mol. The summed E-state index contributed by atoms with van der Waals surface area (Å²) in [6.45, 7) is 2.81. The molecule has 0 fully saturated rings. The van der Waals surface area contributed by atoms with Gasteiger partial charge < -0.3 is 10.3 Å². The Bertz CT molecular complexity index is 723. The average molecular weight is 269 g/mol. The van der Waals surface area contributed by atoms with Crippen molar-refractivity contribution in [3.05, 3.63) is 48.0 Å². The van der Waals surface area contributed by atoms with Crippen LogP contribution < -0.4 is 5.73 Å².